The summed E-state index contributed by atoms with van der Waals surface area (Å²) in [5, 5.41) is 6.68. The second-order valence-corrected chi connectivity index (χ2v) is 4.67. The van der Waals surface area contributed by atoms with Gasteiger partial charge in [0.1, 0.15) is 0 Å². The predicted octanol–water partition coefficient (Wildman–Crippen LogP) is 1.60. The Bertz CT molecular complexity index is 319. The molecule has 0 amide bonds. The number of unbranched alkanes of at least 4 members (excludes halogenated alkanes) is 2. The van der Waals surface area contributed by atoms with Gasteiger partial charge in [0.05, 0.1) is 7.11 Å². The number of methoxy groups -OCH3 is 1. The van der Waals surface area contributed by atoms with Crippen LogP contribution in [0.1, 0.15) is 38.5 Å². The molecule has 108 valence electrons. The highest BCUT2D eigenvalue weighted by molar-refractivity contribution is 5.80. The zero-order chi connectivity index (χ0) is 13.9. The number of guanidine groups is 1. The van der Waals surface area contributed by atoms with E-state index in [4.69, 9.17) is 0 Å². The summed E-state index contributed by atoms with van der Waals surface area (Å²) in [6.45, 7) is 0.876. The monoisotopic (exact) mass is 267 g/mol. The number of hydrogen-bond donors (Lipinski definition) is 2. The minimum atomic E-state index is -0.126. The van der Waals surface area contributed by atoms with E-state index in [1.165, 1.54) is 7.11 Å². The zero-order valence-electron chi connectivity index (χ0n) is 11.9. The van der Waals surface area contributed by atoms with Crippen LogP contribution >= 0.6 is 0 Å². The molecule has 0 fully saturated rings. The van der Waals surface area contributed by atoms with Gasteiger partial charge < -0.3 is 15.4 Å². The lowest BCUT2D eigenvalue weighted by Gasteiger charge is -2.16. The smallest absolute Gasteiger partial charge is 0.305 e. The van der Waals surface area contributed by atoms with E-state index in [1.54, 1.807) is 7.05 Å². The zero-order valence-corrected chi connectivity index (χ0v) is 11.9. The lowest BCUT2D eigenvalue weighted by molar-refractivity contribution is -0.140. The van der Waals surface area contributed by atoms with Crippen LogP contribution in [0.25, 0.3) is 0 Å². The van der Waals surface area contributed by atoms with Crippen molar-refractivity contribution in [2.24, 2.45) is 4.99 Å². The number of rotatable bonds is 7. The van der Waals surface area contributed by atoms with Crippen LogP contribution in [-0.2, 0) is 9.53 Å². The molecule has 1 aliphatic rings. The maximum Gasteiger partial charge on any atom is 0.305 e. The fourth-order valence-corrected chi connectivity index (χ4v) is 2.00. The van der Waals surface area contributed by atoms with Crippen LogP contribution in [0.5, 0.6) is 0 Å². The van der Waals surface area contributed by atoms with Gasteiger partial charge in [0.2, 0.25) is 0 Å². The number of aliphatic imine (C=N–C) groups is 1. The van der Waals surface area contributed by atoms with Crippen LogP contribution in [0.4, 0.5) is 0 Å². The number of nitrogens with one attached hydrogen (secondary N) is 2. The molecule has 1 rings (SSSR count). The lowest BCUT2D eigenvalue weighted by Crippen LogP contribution is -2.42. The highest BCUT2D eigenvalue weighted by Gasteiger charge is 2.10. The first-order valence-corrected chi connectivity index (χ1v) is 6.95. The molecule has 0 saturated heterocycles. The van der Waals surface area contributed by atoms with Gasteiger partial charge in [-0.05, 0) is 25.7 Å². The second-order valence-electron chi connectivity index (χ2n) is 4.67. The summed E-state index contributed by atoms with van der Waals surface area (Å²) in [6.07, 6.45) is 9.96. The van der Waals surface area contributed by atoms with Gasteiger partial charge in [0.15, 0.2) is 5.96 Å². The van der Waals surface area contributed by atoms with Crippen molar-refractivity contribution >= 4 is 11.9 Å². The van der Waals surface area contributed by atoms with E-state index in [0.29, 0.717) is 12.5 Å². The molecule has 0 aliphatic heterocycles. The third-order valence-electron chi connectivity index (χ3n) is 3.15. The van der Waals surface area contributed by atoms with Crippen molar-refractivity contribution in [3.8, 4) is 0 Å². The second kappa shape index (κ2) is 9.42. The van der Waals surface area contributed by atoms with Crippen molar-refractivity contribution in [3.63, 3.8) is 0 Å². The SMILES string of the molecule is CN=C(NCCCCCC(=O)OC)NC1CC=CC1. The summed E-state index contributed by atoms with van der Waals surface area (Å²) >= 11 is 0. The Balaban J connectivity index is 2.02. The Kier molecular flexibility index (Phi) is 7.70. The van der Waals surface area contributed by atoms with Crippen molar-refractivity contribution < 1.29 is 9.53 Å². The topological polar surface area (TPSA) is 62.7 Å². The van der Waals surface area contributed by atoms with Crippen LogP contribution in [0.2, 0.25) is 0 Å². The van der Waals surface area contributed by atoms with E-state index in [9.17, 15) is 4.79 Å². The van der Waals surface area contributed by atoms with Gasteiger partial charge in [-0.15, -0.1) is 0 Å². The minimum absolute atomic E-state index is 0.126. The van der Waals surface area contributed by atoms with Crippen molar-refractivity contribution in [2.45, 2.75) is 44.6 Å². The lowest BCUT2D eigenvalue weighted by atomic mass is 10.2. The van der Waals surface area contributed by atoms with E-state index >= 15 is 0 Å². The van der Waals surface area contributed by atoms with E-state index in [1.807, 2.05) is 0 Å². The molecule has 19 heavy (non-hydrogen) atoms. The first kappa shape index (κ1) is 15.5. The van der Waals surface area contributed by atoms with Gasteiger partial charge in [-0.2, -0.15) is 0 Å². The Hall–Kier alpha value is -1.52. The van der Waals surface area contributed by atoms with Crippen LogP contribution < -0.4 is 10.6 Å². The maximum absolute atomic E-state index is 10.9. The van der Waals surface area contributed by atoms with E-state index in [2.05, 4.69) is 32.5 Å². The summed E-state index contributed by atoms with van der Waals surface area (Å²) in [7, 11) is 3.21. The molecule has 2 N–H and O–H groups in total. The van der Waals surface area contributed by atoms with Crippen molar-refractivity contribution in [1.29, 1.82) is 0 Å². The standard InChI is InChI=1S/C14H25N3O2/c1-15-14(17-12-8-5-6-9-12)16-11-7-3-4-10-13(18)19-2/h5-6,12H,3-4,7-11H2,1-2H3,(H2,15,16,17). The van der Waals surface area contributed by atoms with Crippen LogP contribution in [0, 0.1) is 0 Å². The van der Waals surface area contributed by atoms with Gasteiger partial charge in [0, 0.05) is 26.1 Å². The molecule has 0 aromatic carbocycles. The predicted molar refractivity (Wildman–Crippen MR) is 77.1 cm³/mol. The van der Waals surface area contributed by atoms with E-state index in [-0.39, 0.29) is 5.97 Å². The summed E-state index contributed by atoms with van der Waals surface area (Å²) in [5.41, 5.74) is 0. The molecule has 0 aromatic heterocycles. The molecule has 5 heteroatoms. The summed E-state index contributed by atoms with van der Waals surface area (Å²) in [4.78, 5) is 15.1. The molecule has 0 aromatic rings. The molecule has 0 atom stereocenters. The molecule has 0 unspecified atom stereocenters. The van der Waals surface area contributed by atoms with Gasteiger partial charge in [-0.3, -0.25) is 9.79 Å². The van der Waals surface area contributed by atoms with Gasteiger partial charge in [-0.25, -0.2) is 0 Å². The number of ether oxygens (including phenoxy) is 1. The maximum atomic E-state index is 10.9. The van der Waals surface area contributed by atoms with Crippen LogP contribution in [0.15, 0.2) is 17.1 Å². The average Bonchev–Trinajstić information content (AvgIpc) is 2.93. The first-order valence-electron chi connectivity index (χ1n) is 6.95. The van der Waals surface area contributed by atoms with Gasteiger partial charge >= 0.3 is 5.97 Å². The normalized spacial score (nSPS) is 15.6. The fraction of sp³-hybridized carbons (Fsp3) is 0.714. The van der Waals surface area contributed by atoms with Crippen molar-refractivity contribution in [2.75, 3.05) is 20.7 Å². The number of carbonyl (C=O) groups excluding carboxylic acids is 1. The van der Waals surface area contributed by atoms with Crippen LogP contribution in [0.3, 0.4) is 0 Å². The average molecular weight is 267 g/mol. The molecular formula is C14H25N3O2. The third kappa shape index (κ3) is 6.84. The molecule has 1 aliphatic carbocycles. The third-order valence-corrected chi connectivity index (χ3v) is 3.15. The quantitative estimate of drug-likeness (QED) is 0.242. The number of nitrogens with zero attached hydrogens (tertiary/aromatic N) is 1. The Morgan fingerprint density at radius 2 is 2.05 bits per heavy atom. The molecule has 0 saturated carbocycles. The van der Waals surface area contributed by atoms with Crippen molar-refractivity contribution in [1.82, 2.24) is 10.6 Å². The Morgan fingerprint density at radius 3 is 2.68 bits per heavy atom. The Morgan fingerprint density at radius 1 is 1.32 bits per heavy atom. The van der Waals surface area contributed by atoms with Crippen LogP contribution in [-0.4, -0.2) is 38.7 Å². The summed E-state index contributed by atoms with van der Waals surface area (Å²) < 4.78 is 4.60. The van der Waals surface area contributed by atoms with Gasteiger partial charge in [-0.1, -0.05) is 18.6 Å². The Labute approximate surface area is 115 Å². The number of hydrogen-bond acceptors (Lipinski definition) is 3. The number of carbonyl (C=O) groups is 1. The first-order chi connectivity index (χ1) is 9.26. The van der Waals surface area contributed by atoms with E-state index < -0.39 is 0 Å². The highest BCUT2D eigenvalue weighted by Crippen LogP contribution is 2.08. The van der Waals surface area contributed by atoms with E-state index in [0.717, 1.165) is 44.6 Å². The fourth-order valence-electron chi connectivity index (χ4n) is 2.00. The highest BCUT2D eigenvalue weighted by atomic mass is 16.5. The molecule has 0 heterocycles. The molecule has 0 bridgehead atoms. The molecular weight excluding hydrogens is 242 g/mol. The largest absolute Gasteiger partial charge is 0.469 e. The molecule has 5 nitrogen and oxygen atoms in total. The summed E-state index contributed by atoms with van der Waals surface area (Å²) in [5.74, 6) is 0.737. The number of esters is 1. The minimum Gasteiger partial charge on any atom is -0.469 e. The van der Waals surface area contributed by atoms with Crippen molar-refractivity contribution in [3.05, 3.63) is 12.2 Å². The summed E-state index contributed by atoms with van der Waals surface area (Å²) in [6, 6.07) is 0.477. The van der Waals surface area contributed by atoms with Gasteiger partial charge in [0.25, 0.3) is 0 Å². The molecule has 0 spiro atoms. The molecule has 0 radical (unpaired) electrons.